The zero-order chi connectivity index (χ0) is 22.1. The first kappa shape index (κ1) is 20.8. The van der Waals surface area contributed by atoms with E-state index in [9.17, 15) is 18.4 Å². The van der Waals surface area contributed by atoms with Gasteiger partial charge in [-0.3, -0.25) is 19.1 Å². The second-order valence-electron chi connectivity index (χ2n) is 6.95. The van der Waals surface area contributed by atoms with Gasteiger partial charge in [-0.1, -0.05) is 17.7 Å². The predicted octanol–water partition coefficient (Wildman–Crippen LogP) is 3.54. The highest BCUT2D eigenvalue weighted by Gasteiger charge is 2.22. The van der Waals surface area contributed by atoms with Crippen LogP contribution in [0.3, 0.4) is 0 Å². The number of rotatable bonds is 5. The normalized spacial score (nSPS) is 12.5. The summed E-state index contributed by atoms with van der Waals surface area (Å²) in [6, 6.07) is 8.56. The molecule has 0 bridgehead atoms. The molecular formula is C21H17ClF2N4O3. The van der Waals surface area contributed by atoms with Gasteiger partial charge < -0.3 is 10.1 Å². The van der Waals surface area contributed by atoms with Gasteiger partial charge in [0.15, 0.2) is 5.02 Å². The van der Waals surface area contributed by atoms with Gasteiger partial charge in [0.1, 0.15) is 24.6 Å². The van der Waals surface area contributed by atoms with E-state index in [1.54, 1.807) is 11.0 Å². The molecule has 4 rings (SSSR count). The van der Waals surface area contributed by atoms with Crippen LogP contribution in [0.25, 0.3) is 0 Å². The smallest absolute Gasteiger partial charge is 0.276 e. The SMILES string of the molecule is CC(=O)N1CNc2cc(Cn3cnc(OCc4ccc(F)cc4F)c(Cl)c3=O)ccc21. The Balaban J connectivity index is 1.50. The first-order chi connectivity index (χ1) is 14.8. The fourth-order valence-corrected chi connectivity index (χ4v) is 3.44. The van der Waals surface area contributed by atoms with Gasteiger partial charge in [0.05, 0.1) is 24.6 Å². The average Bonchev–Trinajstić information content (AvgIpc) is 3.15. The molecule has 31 heavy (non-hydrogen) atoms. The summed E-state index contributed by atoms with van der Waals surface area (Å²) >= 11 is 6.11. The highest BCUT2D eigenvalue weighted by atomic mass is 35.5. The fourth-order valence-electron chi connectivity index (χ4n) is 3.23. The van der Waals surface area contributed by atoms with Gasteiger partial charge in [-0.15, -0.1) is 0 Å². The van der Waals surface area contributed by atoms with Crippen LogP contribution in [0, 0.1) is 11.6 Å². The Kier molecular flexibility index (Phi) is 5.60. The summed E-state index contributed by atoms with van der Waals surface area (Å²) in [6.07, 6.45) is 1.28. The Bertz CT molecular complexity index is 1230. The van der Waals surface area contributed by atoms with Crippen LogP contribution in [0.2, 0.25) is 5.02 Å². The summed E-state index contributed by atoms with van der Waals surface area (Å²) in [5.41, 5.74) is 1.95. The van der Waals surface area contributed by atoms with Crippen molar-refractivity contribution in [2.75, 3.05) is 16.9 Å². The van der Waals surface area contributed by atoms with E-state index in [1.807, 2.05) is 12.1 Å². The average molecular weight is 447 g/mol. The maximum atomic E-state index is 13.7. The molecule has 0 spiro atoms. The predicted molar refractivity (Wildman–Crippen MR) is 111 cm³/mol. The standard InChI is InChI=1S/C21H17ClF2N4O3/c1-12(29)28-11-25-17-6-13(2-5-18(17)28)8-27-10-26-20(19(22)21(27)30)31-9-14-3-4-15(23)7-16(14)24/h2-7,10,25H,8-9,11H2,1H3. The number of aromatic nitrogens is 2. The highest BCUT2D eigenvalue weighted by Crippen LogP contribution is 2.32. The number of anilines is 2. The summed E-state index contributed by atoms with van der Waals surface area (Å²) in [4.78, 5) is 29.9. The third kappa shape index (κ3) is 4.22. The molecule has 2 heterocycles. The zero-order valence-corrected chi connectivity index (χ0v) is 17.1. The quantitative estimate of drug-likeness (QED) is 0.648. The summed E-state index contributed by atoms with van der Waals surface area (Å²) in [5, 5.41) is 2.89. The molecule has 0 radical (unpaired) electrons. The first-order valence-electron chi connectivity index (χ1n) is 9.30. The number of nitrogens with one attached hydrogen (secondary N) is 1. The molecule has 1 N–H and O–H groups in total. The maximum Gasteiger partial charge on any atom is 0.276 e. The van der Waals surface area contributed by atoms with E-state index in [1.165, 1.54) is 23.9 Å². The molecule has 2 aromatic carbocycles. The molecule has 3 aromatic rings. The third-order valence-corrected chi connectivity index (χ3v) is 5.17. The van der Waals surface area contributed by atoms with E-state index in [0.717, 1.165) is 29.1 Å². The Morgan fingerprint density at radius 2 is 2.06 bits per heavy atom. The molecule has 160 valence electrons. The van der Waals surface area contributed by atoms with E-state index in [4.69, 9.17) is 16.3 Å². The minimum atomic E-state index is -0.766. The number of carbonyl (C=O) groups excluding carboxylic acids is 1. The Hall–Kier alpha value is -3.46. The van der Waals surface area contributed by atoms with Crippen molar-refractivity contribution in [3.05, 3.63) is 80.9 Å². The number of ether oxygens (including phenoxy) is 1. The minimum Gasteiger partial charge on any atom is -0.471 e. The van der Waals surface area contributed by atoms with E-state index in [-0.39, 0.29) is 35.5 Å². The van der Waals surface area contributed by atoms with Crippen molar-refractivity contribution in [2.24, 2.45) is 0 Å². The molecule has 0 saturated heterocycles. The molecule has 1 amide bonds. The molecule has 1 aliphatic heterocycles. The number of hydrogen-bond donors (Lipinski definition) is 1. The number of carbonyl (C=O) groups is 1. The number of nitrogens with zero attached hydrogens (tertiary/aromatic N) is 3. The molecule has 10 heteroatoms. The monoisotopic (exact) mass is 446 g/mol. The molecular weight excluding hydrogens is 430 g/mol. The Labute approximate surface area is 180 Å². The number of benzene rings is 2. The lowest BCUT2D eigenvalue weighted by molar-refractivity contribution is -0.116. The summed E-state index contributed by atoms with van der Waals surface area (Å²) in [6.45, 7) is 1.83. The second-order valence-corrected chi connectivity index (χ2v) is 7.33. The molecule has 0 aliphatic carbocycles. The molecule has 1 aromatic heterocycles. The van der Waals surface area contributed by atoms with Crippen LogP contribution in [0.1, 0.15) is 18.1 Å². The first-order valence-corrected chi connectivity index (χ1v) is 9.68. The van der Waals surface area contributed by atoms with Gasteiger partial charge in [-0.25, -0.2) is 13.8 Å². The van der Waals surface area contributed by atoms with Crippen LogP contribution in [-0.2, 0) is 17.9 Å². The number of fused-ring (bicyclic) bond motifs is 1. The van der Waals surface area contributed by atoms with E-state index < -0.39 is 17.2 Å². The lowest BCUT2D eigenvalue weighted by Crippen LogP contribution is -2.27. The largest absolute Gasteiger partial charge is 0.471 e. The molecule has 1 aliphatic rings. The Morgan fingerprint density at radius 1 is 1.26 bits per heavy atom. The van der Waals surface area contributed by atoms with Crippen LogP contribution in [0.15, 0.2) is 47.5 Å². The lowest BCUT2D eigenvalue weighted by atomic mass is 10.1. The molecule has 0 saturated carbocycles. The van der Waals surface area contributed by atoms with Crippen molar-refractivity contribution in [1.82, 2.24) is 9.55 Å². The minimum absolute atomic E-state index is 0.0673. The van der Waals surface area contributed by atoms with Crippen molar-refractivity contribution in [2.45, 2.75) is 20.1 Å². The van der Waals surface area contributed by atoms with Crippen LogP contribution in [0.4, 0.5) is 20.2 Å². The van der Waals surface area contributed by atoms with E-state index in [0.29, 0.717) is 6.67 Å². The summed E-state index contributed by atoms with van der Waals surface area (Å²) < 4.78 is 33.4. The fraction of sp³-hybridized carbons (Fsp3) is 0.190. The van der Waals surface area contributed by atoms with Crippen LogP contribution >= 0.6 is 11.6 Å². The Morgan fingerprint density at radius 3 is 2.81 bits per heavy atom. The van der Waals surface area contributed by atoms with Gasteiger partial charge in [0.2, 0.25) is 11.8 Å². The molecule has 0 fully saturated rings. The van der Waals surface area contributed by atoms with Gasteiger partial charge in [0, 0.05) is 18.6 Å². The number of hydrogen-bond acceptors (Lipinski definition) is 5. The number of amides is 1. The lowest BCUT2D eigenvalue weighted by Gasteiger charge is -2.13. The van der Waals surface area contributed by atoms with Gasteiger partial charge >= 0.3 is 0 Å². The summed E-state index contributed by atoms with van der Waals surface area (Å²) in [5.74, 6) is -1.67. The zero-order valence-electron chi connectivity index (χ0n) is 16.4. The molecule has 7 nitrogen and oxygen atoms in total. The van der Waals surface area contributed by atoms with E-state index in [2.05, 4.69) is 10.3 Å². The topological polar surface area (TPSA) is 76.5 Å². The van der Waals surface area contributed by atoms with Gasteiger partial charge in [-0.05, 0) is 29.8 Å². The van der Waals surface area contributed by atoms with Crippen molar-refractivity contribution in [1.29, 1.82) is 0 Å². The van der Waals surface area contributed by atoms with Crippen LogP contribution in [-0.4, -0.2) is 22.1 Å². The molecule has 0 unspecified atom stereocenters. The van der Waals surface area contributed by atoms with Crippen molar-refractivity contribution in [3.63, 3.8) is 0 Å². The summed E-state index contributed by atoms with van der Waals surface area (Å²) in [7, 11) is 0. The molecule has 0 atom stereocenters. The van der Waals surface area contributed by atoms with Gasteiger partial charge in [-0.2, -0.15) is 0 Å². The number of halogens is 3. The van der Waals surface area contributed by atoms with Crippen molar-refractivity contribution >= 4 is 28.9 Å². The van der Waals surface area contributed by atoms with Crippen molar-refractivity contribution in [3.8, 4) is 5.88 Å². The van der Waals surface area contributed by atoms with Crippen molar-refractivity contribution < 1.29 is 18.3 Å². The third-order valence-electron chi connectivity index (χ3n) is 4.84. The van der Waals surface area contributed by atoms with Gasteiger partial charge in [0.25, 0.3) is 5.56 Å². The van der Waals surface area contributed by atoms with Crippen LogP contribution in [0.5, 0.6) is 5.88 Å². The highest BCUT2D eigenvalue weighted by molar-refractivity contribution is 6.31. The maximum absolute atomic E-state index is 13.7. The van der Waals surface area contributed by atoms with E-state index >= 15 is 0 Å². The second kappa shape index (κ2) is 8.35. The van der Waals surface area contributed by atoms with Crippen LogP contribution < -0.4 is 20.5 Å².